The zero-order chi connectivity index (χ0) is 20.6. The van der Waals surface area contributed by atoms with Gasteiger partial charge in [-0.15, -0.1) is 0 Å². The van der Waals surface area contributed by atoms with Crippen molar-refractivity contribution in [2.45, 2.75) is 13.5 Å². The van der Waals surface area contributed by atoms with Crippen LogP contribution in [0.25, 0.3) is 0 Å². The molecule has 0 atom stereocenters. The van der Waals surface area contributed by atoms with E-state index in [1.807, 2.05) is 30.3 Å². The number of nitrogens with one attached hydrogen (secondary N) is 1. The number of para-hydroxylation sites is 2. The molecule has 1 N–H and O–H groups in total. The van der Waals surface area contributed by atoms with Crippen LogP contribution in [0.3, 0.4) is 0 Å². The van der Waals surface area contributed by atoms with Gasteiger partial charge >= 0.3 is 0 Å². The molecule has 0 spiro atoms. The highest BCUT2D eigenvalue weighted by atomic mass is 16.6. The summed E-state index contributed by atoms with van der Waals surface area (Å²) in [5.41, 5.74) is 4.42. The highest BCUT2D eigenvalue weighted by Crippen LogP contribution is 2.18. The molecule has 0 aliphatic carbocycles. The summed E-state index contributed by atoms with van der Waals surface area (Å²) in [6.45, 7) is 1.99. The SMILES string of the molecule is C/C(=N/NC(=O)c1ccc(COc2ccccc2)cc1)c1ccccc1[N+](=O)[O-]. The van der Waals surface area contributed by atoms with Crippen LogP contribution in [-0.2, 0) is 6.61 Å². The zero-order valence-electron chi connectivity index (χ0n) is 15.7. The number of hydrazone groups is 1. The molecule has 3 aromatic rings. The van der Waals surface area contributed by atoms with Gasteiger partial charge in [0, 0.05) is 11.6 Å². The molecule has 3 rings (SSSR count). The van der Waals surface area contributed by atoms with E-state index in [9.17, 15) is 14.9 Å². The Labute approximate surface area is 167 Å². The van der Waals surface area contributed by atoms with E-state index in [1.165, 1.54) is 6.07 Å². The predicted octanol–water partition coefficient (Wildman–Crippen LogP) is 4.33. The van der Waals surface area contributed by atoms with Crippen molar-refractivity contribution in [3.05, 3.63) is 106 Å². The van der Waals surface area contributed by atoms with Crippen LogP contribution in [0.1, 0.15) is 28.4 Å². The molecule has 7 nitrogen and oxygen atoms in total. The Morgan fingerprint density at radius 2 is 1.66 bits per heavy atom. The topological polar surface area (TPSA) is 93.8 Å². The number of nitrogens with zero attached hydrogens (tertiary/aromatic N) is 2. The fourth-order valence-corrected chi connectivity index (χ4v) is 2.63. The van der Waals surface area contributed by atoms with E-state index in [4.69, 9.17) is 4.74 Å². The fourth-order valence-electron chi connectivity index (χ4n) is 2.63. The molecule has 146 valence electrons. The number of amides is 1. The molecular formula is C22H19N3O4. The number of carbonyl (C=O) groups excluding carboxylic acids is 1. The van der Waals surface area contributed by atoms with Gasteiger partial charge in [-0.3, -0.25) is 14.9 Å². The third-order valence-corrected chi connectivity index (χ3v) is 4.18. The number of carbonyl (C=O) groups is 1. The van der Waals surface area contributed by atoms with Gasteiger partial charge in [0.2, 0.25) is 0 Å². The lowest BCUT2D eigenvalue weighted by molar-refractivity contribution is -0.385. The van der Waals surface area contributed by atoms with E-state index >= 15 is 0 Å². The van der Waals surface area contributed by atoms with Gasteiger partial charge in [0.1, 0.15) is 12.4 Å². The quantitative estimate of drug-likeness (QED) is 0.370. The number of hydrogen-bond donors (Lipinski definition) is 1. The Bertz CT molecular complexity index is 1030. The number of rotatable bonds is 7. The smallest absolute Gasteiger partial charge is 0.278 e. The molecule has 3 aromatic carbocycles. The standard InChI is InChI=1S/C22H19N3O4/c1-16(20-9-5-6-10-21(20)25(27)28)23-24-22(26)18-13-11-17(12-14-18)15-29-19-7-3-2-4-8-19/h2-14H,15H2,1H3,(H,24,26)/b23-16-. The monoisotopic (exact) mass is 389 g/mol. The van der Waals surface area contributed by atoms with Gasteiger partial charge in [-0.25, -0.2) is 5.43 Å². The van der Waals surface area contributed by atoms with Gasteiger partial charge < -0.3 is 4.74 Å². The van der Waals surface area contributed by atoms with Gasteiger partial charge in [0.05, 0.1) is 16.2 Å². The van der Waals surface area contributed by atoms with E-state index in [0.717, 1.165) is 11.3 Å². The Hall–Kier alpha value is -4.00. The van der Waals surface area contributed by atoms with Crippen LogP contribution in [0.15, 0.2) is 84.0 Å². The van der Waals surface area contributed by atoms with Gasteiger partial charge in [0.15, 0.2) is 0 Å². The summed E-state index contributed by atoms with van der Waals surface area (Å²) in [4.78, 5) is 22.9. The maximum Gasteiger partial charge on any atom is 0.278 e. The number of nitro benzene ring substituents is 1. The molecule has 1 amide bonds. The van der Waals surface area contributed by atoms with Gasteiger partial charge in [-0.05, 0) is 42.8 Å². The average Bonchev–Trinajstić information content (AvgIpc) is 2.76. The van der Waals surface area contributed by atoms with Crippen molar-refractivity contribution < 1.29 is 14.5 Å². The van der Waals surface area contributed by atoms with Crippen molar-refractivity contribution in [1.29, 1.82) is 0 Å². The minimum atomic E-state index is -0.480. The van der Waals surface area contributed by atoms with Crippen LogP contribution in [0, 0.1) is 10.1 Å². The van der Waals surface area contributed by atoms with Crippen LogP contribution >= 0.6 is 0 Å². The molecule has 29 heavy (non-hydrogen) atoms. The first kappa shape index (κ1) is 19.8. The lowest BCUT2D eigenvalue weighted by Gasteiger charge is -2.07. The molecule has 0 aliphatic heterocycles. The van der Waals surface area contributed by atoms with E-state index in [1.54, 1.807) is 49.4 Å². The minimum absolute atomic E-state index is 0.0641. The minimum Gasteiger partial charge on any atom is -0.489 e. The van der Waals surface area contributed by atoms with Crippen molar-refractivity contribution >= 4 is 17.3 Å². The Morgan fingerprint density at radius 3 is 2.34 bits per heavy atom. The van der Waals surface area contributed by atoms with Gasteiger partial charge in [-0.1, -0.05) is 42.5 Å². The number of hydrogen-bond acceptors (Lipinski definition) is 5. The maximum atomic E-state index is 12.3. The number of nitro groups is 1. The molecule has 0 fully saturated rings. The van der Waals surface area contributed by atoms with Crippen molar-refractivity contribution in [3.63, 3.8) is 0 Å². The van der Waals surface area contributed by atoms with E-state index in [2.05, 4.69) is 10.5 Å². The second-order valence-corrected chi connectivity index (χ2v) is 6.21. The van der Waals surface area contributed by atoms with Gasteiger partial charge in [-0.2, -0.15) is 5.10 Å². The predicted molar refractivity (Wildman–Crippen MR) is 110 cm³/mol. The highest BCUT2D eigenvalue weighted by Gasteiger charge is 2.15. The third kappa shape index (κ3) is 5.26. The van der Waals surface area contributed by atoms with Crippen LogP contribution in [0.5, 0.6) is 5.75 Å². The molecule has 0 radical (unpaired) electrons. The highest BCUT2D eigenvalue weighted by molar-refractivity contribution is 6.03. The molecular weight excluding hydrogens is 370 g/mol. The van der Waals surface area contributed by atoms with Crippen molar-refractivity contribution in [2.24, 2.45) is 5.10 Å². The summed E-state index contributed by atoms with van der Waals surface area (Å²) in [6, 6.07) is 22.7. The average molecular weight is 389 g/mol. The Kier molecular flexibility index (Phi) is 6.32. The van der Waals surface area contributed by atoms with Crippen LogP contribution < -0.4 is 10.2 Å². The lowest BCUT2D eigenvalue weighted by Crippen LogP contribution is -2.19. The second kappa shape index (κ2) is 9.27. The first-order chi connectivity index (χ1) is 14.0. The molecule has 0 unspecified atom stereocenters. The number of ether oxygens (including phenoxy) is 1. The lowest BCUT2D eigenvalue weighted by atomic mass is 10.1. The van der Waals surface area contributed by atoms with Crippen LogP contribution in [0.2, 0.25) is 0 Å². The maximum absolute atomic E-state index is 12.3. The fraction of sp³-hybridized carbons (Fsp3) is 0.0909. The summed E-state index contributed by atoms with van der Waals surface area (Å²) < 4.78 is 5.67. The summed E-state index contributed by atoms with van der Waals surface area (Å²) in [5.74, 6) is 0.368. The second-order valence-electron chi connectivity index (χ2n) is 6.21. The molecule has 7 heteroatoms. The van der Waals surface area contributed by atoms with E-state index in [0.29, 0.717) is 23.4 Å². The zero-order valence-corrected chi connectivity index (χ0v) is 15.7. The van der Waals surface area contributed by atoms with Crippen LogP contribution in [0.4, 0.5) is 5.69 Å². The molecule has 0 aromatic heterocycles. The Morgan fingerprint density at radius 1 is 1.00 bits per heavy atom. The molecule has 0 heterocycles. The summed E-state index contributed by atoms with van der Waals surface area (Å²) in [5, 5.41) is 15.1. The first-order valence-corrected chi connectivity index (χ1v) is 8.90. The third-order valence-electron chi connectivity index (χ3n) is 4.18. The summed E-state index contributed by atoms with van der Waals surface area (Å²) in [7, 11) is 0. The number of benzene rings is 3. The van der Waals surface area contributed by atoms with E-state index < -0.39 is 10.8 Å². The van der Waals surface area contributed by atoms with Crippen LogP contribution in [-0.4, -0.2) is 16.5 Å². The molecule has 0 saturated heterocycles. The first-order valence-electron chi connectivity index (χ1n) is 8.90. The summed E-state index contributed by atoms with van der Waals surface area (Å²) in [6.07, 6.45) is 0. The normalized spacial score (nSPS) is 11.0. The van der Waals surface area contributed by atoms with Gasteiger partial charge in [0.25, 0.3) is 11.6 Å². The summed E-state index contributed by atoms with van der Waals surface area (Å²) >= 11 is 0. The molecule has 0 bridgehead atoms. The van der Waals surface area contributed by atoms with Crippen molar-refractivity contribution in [2.75, 3.05) is 0 Å². The Balaban J connectivity index is 1.62. The van der Waals surface area contributed by atoms with Crippen molar-refractivity contribution in [3.8, 4) is 5.75 Å². The largest absolute Gasteiger partial charge is 0.489 e. The molecule has 0 aliphatic rings. The molecule has 0 saturated carbocycles. The van der Waals surface area contributed by atoms with E-state index in [-0.39, 0.29) is 5.69 Å². The van der Waals surface area contributed by atoms with Crippen molar-refractivity contribution in [1.82, 2.24) is 5.43 Å².